The van der Waals surface area contributed by atoms with Crippen LogP contribution in [-0.4, -0.2) is 55.5 Å². The molecule has 4 heteroatoms. The van der Waals surface area contributed by atoms with Gasteiger partial charge in [-0.15, -0.1) is 0 Å². The Labute approximate surface area is 106 Å². The fourth-order valence-corrected chi connectivity index (χ4v) is 1.49. The Morgan fingerprint density at radius 3 is 2.06 bits per heavy atom. The van der Waals surface area contributed by atoms with Crippen molar-refractivity contribution in [3.8, 4) is 0 Å². The van der Waals surface area contributed by atoms with Crippen LogP contribution in [0.3, 0.4) is 0 Å². The van der Waals surface area contributed by atoms with E-state index in [4.69, 9.17) is 5.73 Å². The van der Waals surface area contributed by atoms with Gasteiger partial charge in [0.05, 0.1) is 6.04 Å². The smallest absolute Gasteiger partial charge is 0.240 e. The Kier molecular flexibility index (Phi) is 6.72. The minimum Gasteiger partial charge on any atom is -0.340 e. The summed E-state index contributed by atoms with van der Waals surface area (Å²) in [7, 11) is 4.02. The van der Waals surface area contributed by atoms with Crippen LogP contribution in [0.15, 0.2) is 0 Å². The third-order valence-electron chi connectivity index (χ3n) is 2.82. The lowest BCUT2D eigenvalue weighted by molar-refractivity contribution is -0.135. The van der Waals surface area contributed by atoms with E-state index in [9.17, 15) is 4.79 Å². The fraction of sp³-hybridized carbons (Fsp3) is 0.923. The molecule has 2 N–H and O–H groups in total. The van der Waals surface area contributed by atoms with Crippen molar-refractivity contribution in [2.75, 3.05) is 33.7 Å². The van der Waals surface area contributed by atoms with Crippen molar-refractivity contribution in [1.29, 1.82) is 0 Å². The van der Waals surface area contributed by atoms with Crippen molar-refractivity contribution < 1.29 is 4.79 Å². The summed E-state index contributed by atoms with van der Waals surface area (Å²) < 4.78 is 0. The number of amides is 1. The van der Waals surface area contributed by atoms with Crippen LogP contribution in [0.25, 0.3) is 0 Å². The molecule has 4 nitrogen and oxygen atoms in total. The minimum atomic E-state index is -0.420. The largest absolute Gasteiger partial charge is 0.340 e. The van der Waals surface area contributed by atoms with E-state index in [0.717, 1.165) is 26.1 Å². The average molecular weight is 243 g/mol. The Morgan fingerprint density at radius 1 is 1.18 bits per heavy atom. The fourth-order valence-electron chi connectivity index (χ4n) is 1.49. The lowest BCUT2D eigenvalue weighted by Gasteiger charge is -2.32. The normalized spacial score (nSPS) is 13.9. The molecule has 0 aromatic rings. The van der Waals surface area contributed by atoms with Crippen molar-refractivity contribution in [2.45, 2.75) is 40.2 Å². The van der Waals surface area contributed by atoms with Gasteiger partial charge in [-0.25, -0.2) is 0 Å². The quantitative estimate of drug-likeness (QED) is 0.761. The zero-order chi connectivity index (χ0) is 13.6. The first-order valence-corrected chi connectivity index (χ1v) is 6.39. The number of hydrogen-bond acceptors (Lipinski definition) is 3. The number of likely N-dealkylation sites (N-methyl/N-ethyl adjacent to an activating group) is 1. The zero-order valence-corrected chi connectivity index (χ0v) is 12.3. The van der Waals surface area contributed by atoms with Gasteiger partial charge in [0, 0.05) is 19.6 Å². The van der Waals surface area contributed by atoms with Gasteiger partial charge in [0.2, 0.25) is 5.91 Å². The van der Waals surface area contributed by atoms with Gasteiger partial charge in [-0.1, -0.05) is 27.7 Å². The molecule has 0 radical (unpaired) electrons. The molecule has 0 rings (SSSR count). The summed E-state index contributed by atoms with van der Waals surface area (Å²) in [4.78, 5) is 16.2. The first kappa shape index (κ1) is 16.4. The predicted molar refractivity (Wildman–Crippen MR) is 72.9 cm³/mol. The van der Waals surface area contributed by atoms with Crippen molar-refractivity contribution in [3.63, 3.8) is 0 Å². The topological polar surface area (TPSA) is 49.6 Å². The van der Waals surface area contributed by atoms with Crippen molar-refractivity contribution in [1.82, 2.24) is 9.80 Å². The zero-order valence-electron chi connectivity index (χ0n) is 12.3. The molecule has 0 spiro atoms. The first-order chi connectivity index (χ1) is 7.70. The lowest BCUT2D eigenvalue weighted by Crippen LogP contribution is -2.51. The summed E-state index contributed by atoms with van der Waals surface area (Å²) in [5.41, 5.74) is 5.85. The Morgan fingerprint density at radius 2 is 1.71 bits per heavy atom. The molecule has 0 aliphatic carbocycles. The molecular formula is C13H29N3O. The number of carbonyl (C=O) groups is 1. The number of carbonyl (C=O) groups excluding carboxylic acids is 1. The van der Waals surface area contributed by atoms with Crippen molar-refractivity contribution >= 4 is 5.91 Å². The minimum absolute atomic E-state index is 0.0706. The number of hydrogen-bond donors (Lipinski definition) is 1. The van der Waals surface area contributed by atoms with Crippen LogP contribution < -0.4 is 5.73 Å². The molecule has 0 aliphatic heterocycles. The van der Waals surface area contributed by atoms with Crippen LogP contribution in [0, 0.1) is 5.41 Å². The van der Waals surface area contributed by atoms with Gasteiger partial charge in [-0.05, 0) is 25.9 Å². The molecule has 102 valence electrons. The van der Waals surface area contributed by atoms with Crippen LogP contribution in [-0.2, 0) is 4.79 Å². The van der Waals surface area contributed by atoms with E-state index in [0.29, 0.717) is 0 Å². The highest BCUT2D eigenvalue weighted by Crippen LogP contribution is 2.19. The monoisotopic (exact) mass is 243 g/mol. The van der Waals surface area contributed by atoms with Crippen LogP contribution in [0.2, 0.25) is 0 Å². The summed E-state index contributed by atoms with van der Waals surface area (Å²) in [6.45, 7) is 10.5. The van der Waals surface area contributed by atoms with Crippen LogP contribution in [0.5, 0.6) is 0 Å². The van der Waals surface area contributed by atoms with Crippen molar-refractivity contribution in [2.24, 2.45) is 11.1 Å². The maximum absolute atomic E-state index is 12.3. The lowest BCUT2D eigenvalue weighted by atomic mass is 9.86. The molecule has 0 aromatic carbocycles. The highest BCUT2D eigenvalue weighted by atomic mass is 16.2. The molecule has 0 aromatic heterocycles. The maximum atomic E-state index is 12.3. The van der Waals surface area contributed by atoms with E-state index in [-0.39, 0.29) is 11.3 Å². The van der Waals surface area contributed by atoms with Crippen LogP contribution >= 0.6 is 0 Å². The molecule has 0 heterocycles. The third kappa shape index (κ3) is 6.03. The predicted octanol–water partition coefficient (Wildman–Crippen LogP) is 1.16. The molecule has 0 aliphatic rings. The van der Waals surface area contributed by atoms with Gasteiger partial charge < -0.3 is 15.5 Å². The highest BCUT2D eigenvalue weighted by Gasteiger charge is 2.30. The van der Waals surface area contributed by atoms with E-state index in [1.54, 1.807) is 0 Å². The second kappa shape index (κ2) is 6.97. The SMILES string of the molecule is CCCN(CCN(C)C)C(=O)C(N)C(C)(C)C. The van der Waals surface area contributed by atoms with E-state index < -0.39 is 6.04 Å². The summed E-state index contributed by atoms with van der Waals surface area (Å²) in [6.07, 6.45) is 0.968. The third-order valence-corrected chi connectivity index (χ3v) is 2.82. The van der Waals surface area contributed by atoms with Gasteiger partial charge in [-0.2, -0.15) is 0 Å². The summed E-state index contributed by atoms with van der Waals surface area (Å²) in [5, 5.41) is 0. The molecule has 1 amide bonds. The van der Waals surface area contributed by atoms with E-state index in [2.05, 4.69) is 11.8 Å². The van der Waals surface area contributed by atoms with Crippen molar-refractivity contribution in [3.05, 3.63) is 0 Å². The molecule has 1 atom stereocenters. The van der Waals surface area contributed by atoms with Gasteiger partial charge in [0.15, 0.2) is 0 Å². The molecule has 0 fully saturated rings. The van der Waals surface area contributed by atoms with E-state index in [1.165, 1.54) is 0 Å². The number of nitrogens with two attached hydrogens (primary N) is 1. The molecule has 17 heavy (non-hydrogen) atoms. The maximum Gasteiger partial charge on any atom is 0.240 e. The van der Waals surface area contributed by atoms with E-state index in [1.807, 2.05) is 39.8 Å². The summed E-state index contributed by atoms with van der Waals surface area (Å²) in [6, 6.07) is -0.420. The molecular weight excluding hydrogens is 214 g/mol. The number of nitrogens with zero attached hydrogens (tertiary/aromatic N) is 2. The standard InChI is InChI=1S/C13H29N3O/c1-7-8-16(10-9-15(5)6)12(17)11(14)13(2,3)4/h11H,7-10,14H2,1-6H3. The second-order valence-electron chi connectivity index (χ2n) is 5.97. The Hall–Kier alpha value is -0.610. The van der Waals surface area contributed by atoms with Gasteiger partial charge >= 0.3 is 0 Å². The van der Waals surface area contributed by atoms with Gasteiger partial charge in [-0.3, -0.25) is 4.79 Å². The first-order valence-electron chi connectivity index (χ1n) is 6.39. The highest BCUT2D eigenvalue weighted by molar-refractivity contribution is 5.82. The Balaban J connectivity index is 4.53. The van der Waals surface area contributed by atoms with Crippen LogP contribution in [0.4, 0.5) is 0 Å². The van der Waals surface area contributed by atoms with Gasteiger partial charge in [0.25, 0.3) is 0 Å². The summed E-state index contributed by atoms with van der Waals surface area (Å²) >= 11 is 0. The molecule has 0 bridgehead atoms. The molecule has 0 saturated carbocycles. The number of rotatable bonds is 6. The van der Waals surface area contributed by atoms with E-state index >= 15 is 0 Å². The molecule has 1 unspecified atom stereocenters. The average Bonchev–Trinajstić information content (AvgIpc) is 2.20. The van der Waals surface area contributed by atoms with Crippen LogP contribution in [0.1, 0.15) is 34.1 Å². The Bertz CT molecular complexity index is 233. The summed E-state index contributed by atoms with van der Waals surface area (Å²) in [5.74, 6) is 0.0706. The second-order valence-corrected chi connectivity index (χ2v) is 5.97. The van der Waals surface area contributed by atoms with Gasteiger partial charge in [0.1, 0.15) is 0 Å². The molecule has 0 saturated heterocycles.